The summed E-state index contributed by atoms with van der Waals surface area (Å²) in [5, 5.41) is 0.739. The van der Waals surface area contributed by atoms with E-state index in [1.807, 2.05) is 30.6 Å². The number of nitrogen functional groups attached to an aromatic ring is 1. The molecule has 2 N–H and O–H groups in total. The number of nitrogens with two attached hydrogens (primary N) is 1. The average molecular weight is 250 g/mol. The molecule has 0 aliphatic rings. The van der Waals surface area contributed by atoms with Crippen molar-refractivity contribution in [2.24, 2.45) is 0 Å². The number of nitrogens with zero attached hydrogens (tertiary/aromatic N) is 2. The van der Waals surface area contributed by atoms with Crippen molar-refractivity contribution in [1.82, 2.24) is 9.55 Å². The Morgan fingerprint density at radius 2 is 2.18 bits per heavy atom. The number of halogens is 1. The van der Waals surface area contributed by atoms with Gasteiger partial charge in [-0.15, -0.1) is 0 Å². The molecule has 0 radical (unpaired) electrons. The van der Waals surface area contributed by atoms with E-state index in [1.54, 1.807) is 0 Å². The number of imidazole rings is 1. The van der Waals surface area contributed by atoms with Crippen molar-refractivity contribution >= 4 is 17.3 Å². The molecular weight excluding hydrogens is 234 g/mol. The molecule has 4 heteroatoms. The van der Waals surface area contributed by atoms with Gasteiger partial charge in [0.1, 0.15) is 5.82 Å². The number of anilines is 1. The van der Waals surface area contributed by atoms with Gasteiger partial charge in [0.25, 0.3) is 0 Å². The normalized spacial score (nSPS) is 11.1. The molecule has 0 aliphatic heterocycles. The predicted octanol–water partition coefficient (Wildman–Crippen LogP) is 3.29. The van der Waals surface area contributed by atoms with Crippen molar-refractivity contribution in [3.63, 3.8) is 0 Å². The molecule has 1 aromatic heterocycles. The first-order valence-corrected chi connectivity index (χ1v) is 6.00. The van der Waals surface area contributed by atoms with E-state index < -0.39 is 0 Å². The fraction of sp³-hybridized carbons (Fsp3) is 0.308. The van der Waals surface area contributed by atoms with Crippen LogP contribution in [0.15, 0.2) is 30.6 Å². The van der Waals surface area contributed by atoms with Crippen molar-refractivity contribution in [2.75, 3.05) is 5.73 Å². The lowest BCUT2D eigenvalue weighted by molar-refractivity contribution is 0.670. The molecule has 17 heavy (non-hydrogen) atoms. The highest BCUT2D eigenvalue weighted by Gasteiger charge is 2.09. The van der Waals surface area contributed by atoms with Crippen molar-refractivity contribution in [1.29, 1.82) is 0 Å². The van der Waals surface area contributed by atoms with Crippen LogP contribution in [0.25, 0.3) is 0 Å². The molecule has 0 saturated carbocycles. The second-order valence-corrected chi connectivity index (χ2v) is 4.83. The number of benzene rings is 1. The van der Waals surface area contributed by atoms with E-state index in [0.29, 0.717) is 12.5 Å². The molecule has 0 unspecified atom stereocenters. The van der Waals surface area contributed by atoms with Crippen LogP contribution in [0.5, 0.6) is 0 Å². The van der Waals surface area contributed by atoms with Gasteiger partial charge in [-0.3, -0.25) is 0 Å². The predicted molar refractivity (Wildman–Crippen MR) is 71.3 cm³/mol. The van der Waals surface area contributed by atoms with Crippen molar-refractivity contribution < 1.29 is 0 Å². The van der Waals surface area contributed by atoms with Crippen molar-refractivity contribution in [2.45, 2.75) is 26.3 Å². The van der Waals surface area contributed by atoms with Gasteiger partial charge in [-0.2, -0.15) is 0 Å². The highest BCUT2D eigenvalue weighted by molar-refractivity contribution is 6.31. The maximum Gasteiger partial charge on any atom is 0.111 e. The lowest BCUT2D eigenvalue weighted by Gasteiger charge is -2.11. The molecule has 90 valence electrons. The van der Waals surface area contributed by atoms with Gasteiger partial charge >= 0.3 is 0 Å². The summed E-state index contributed by atoms with van der Waals surface area (Å²) in [7, 11) is 0. The molecule has 0 atom stereocenters. The molecule has 0 spiro atoms. The van der Waals surface area contributed by atoms with E-state index in [4.69, 9.17) is 17.3 Å². The van der Waals surface area contributed by atoms with E-state index in [9.17, 15) is 0 Å². The SMILES string of the molecule is CC(C)c1nccn1Cc1cc(N)ccc1Cl. The van der Waals surface area contributed by atoms with E-state index in [2.05, 4.69) is 23.4 Å². The van der Waals surface area contributed by atoms with Crippen LogP contribution in [-0.4, -0.2) is 9.55 Å². The van der Waals surface area contributed by atoms with Crippen LogP contribution in [0, 0.1) is 0 Å². The fourth-order valence-corrected chi connectivity index (χ4v) is 2.03. The van der Waals surface area contributed by atoms with Gasteiger partial charge in [-0.1, -0.05) is 25.4 Å². The van der Waals surface area contributed by atoms with Crippen LogP contribution >= 0.6 is 11.6 Å². The first kappa shape index (κ1) is 12.0. The van der Waals surface area contributed by atoms with Gasteiger partial charge < -0.3 is 10.3 Å². The van der Waals surface area contributed by atoms with Crippen molar-refractivity contribution in [3.8, 4) is 0 Å². The first-order valence-electron chi connectivity index (χ1n) is 5.63. The summed E-state index contributed by atoms with van der Waals surface area (Å²) in [5.41, 5.74) is 7.52. The number of hydrogen-bond donors (Lipinski definition) is 1. The molecule has 1 aromatic carbocycles. The lowest BCUT2D eigenvalue weighted by Crippen LogP contribution is -2.06. The zero-order valence-corrected chi connectivity index (χ0v) is 10.8. The Hall–Kier alpha value is -1.48. The van der Waals surface area contributed by atoms with E-state index in [1.165, 1.54) is 0 Å². The summed E-state index contributed by atoms with van der Waals surface area (Å²) in [6.07, 6.45) is 3.78. The Labute approximate surface area is 106 Å². The van der Waals surface area contributed by atoms with E-state index >= 15 is 0 Å². The van der Waals surface area contributed by atoms with Crippen LogP contribution in [0.1, 0.15) is 31.2 Å². The Kier molecular flexibility index (Phi) is 3.38. The minimum absolute atomic E-state index is 0.393. The van der Waals surface area contributed by atoms with Crippen molar-refractivity contribution in [3.05, 3.63) is 47.0 Å². The molecule has 0 saturated heterocycles. The van der Waals surface area contributed by atoms with Gasteiger partial charge in [0.15, 0.2) is 0 Å². The largest absolute Gasteiger partial charge is 0.399 e. The molecule has 0 aliphatic carbocycles. The van der Waals surface area contributed by atoms with Gasteiger partial charge in [0.2, 0.25) is 0 Å². The molecule has 2 aromatic rings. The van der Waals surface area contributed by atoms with Crippen LogP contribution < -0.4 is 5.73 Å². The smallest absolute Gasteiger partial charge is 0.111 e. The van der Waals surface area contributed by atoms with Crippen LogP contribution in [-0.2, 0) is 6.54 Å². The van der Waals surface area contributed by atoms with Crippen LogP contribution in [0.4, 0.5) is 5.69 Å². The minimum Gasteiger partial charge on any atom is -0.399 e. The molecular formula is C13H16ClN3. The Morgan fingerprint density at radius 3 is 2.88 bits per heavy atom. The van der Waals surface area contributed by atoms with Gasteiger partial charge in [0, 0.05) is 29.0 Å². The first-order chi connectivity index (χ1) is 8.08. The second-order valence-electron chi connectivity index (χ2n) is 4.42. The Morgan fingerprint density at radius 1 is 1.41 bits per heavy atom. The zero-order valence-electron chi connectivity index (χ0n) is 10.0. The zero-order chi connectivity index (χ0) is 12.4. The van der Waals surface area contributed by atoms with Crippen LogP contribution in [0.3, 0.4) is 0 Å². The number of aromatic nitrogens is 2. The molecule has 3 nitrogen and oxygen atoms in total. The lowest BCUT2D eigenvalue weighted by atomic mass is 10.1. The summed E-state index contributed by atoms with van der Waals surface area (Å²) in [6, 6.07) is 5.55. The summed E-state index contributed by atoms with van der Waals surface area (Å²) in [5.74, 6) is 1.45. The average Bonchev–Trinajstić information content (AvgIpc) is 2.71. The van der Waals surface area contributed by atoms with Gasteiger partial charge in [-0.05, 0) is 23.8 Å². The third-order valence-corrected chi connectivity index (χ3v) is 3.04. The summed E-state index contributed by atoms with van der Waals surface area (Å²) >= 11 is 6.16. The van der Waals surface area contributed by atoms with E-state index in [-0.39, 0.29) is 0 Å². The topological polar surface area (TPSA) is 43.8 Å². The Balaban J connectivity index is 2.31. The summed E-state index contributed by atoms with van der Waals surface area (Å²) in [4.78, 5) is 4.35. The highest BCUT2D eigenvalue weighted by Crippen LogP contribution is 2.21. The Bertz CT molecular complexity index is 517. The summed E-state index contributed by atoms with van der Waals surface area (Å²) < 4.78 is 2.10. The van der Waals surface area contributed by atoms with Gasteiger partial charge in [0.05, 0.1) is 6.54 Å². The minimum atomic E-state index is 0.393. The maximum atomic E-state index is 6.16. The molecule has 2 rings (SSSR count). The maximum absolute atomic E-state index is 6.16. The highest BCUT2D eigenvalue weighted by atomic mass is 35.5. The molecule has 0 amide bonds. The molecule has 1 heterocycles. The van der Waals surface area contributed by atoms with Gasteiger partial charge in [-0.25, -0.2) is 4.98 Å². The monoisotopic (exact) mass is 249 g/mol. The molecule has 0 fully saturated rings. The molecule has 0 bridgehead atoms. The standard InChI is InChI=1S/C13H16ClN3/c1-9(2)13-16-5-6-17(13)8-10-7-11(15)3-4-12(10)14/h3-7,9H,8,15H2,1-2H3. The quantitative estimate of drug-likeness (QED) is 0.849. The third-order valence-electron chi connectivity index (χ3n) is 2.67. The number of rotatable bonds is 3. The fourth-order valence-electron chi connectivity index (χ4n) is 1.85. The van der Waals surface area contributed by atoms with Crippen LogP contribution in [0.2, 0.25) is 5.02 Å². The summed E-state index contributed by atoms with van der Waals surface area (Å²) in [6.45, 7) is 4.96. The number of hydrogen-bond acceptors (Lipinski definition) is 2. The second kappa shape index (κ2) is 4.80. The third kappa shape index (κ3) is 2.61. The van der Waals surface area contributed by atoms with E-state index in [0.717, 1.165) is 22.1 Å².